The van der Waals surface area contributed by atoms with Crippen LogP contribution in [0.5, 0.6) is 0 Å². The highest BCUT2D eigenvalue weighted by Gasteiger charge is 2.19. The predicted molar refractivity (Wildman–Crippen MR) is 87.0 cm³/mol. The molecule has 0 spiro atoms. The molecule has 106 valence electrons. The largest absolute Gasteiger partial charge is 0.310 e. The second-order valence-electron chi connectivity index (χ2n) is 5.36. The Morgan fingerprint density at radius 2 is 2.00 bits per heavy atom. The van der Waals surface area contributed by atoms with Gasteiger partial charge < -0.3 is 5.32 Å². The summed E-state index contributed by atoms with van der Waals surface area (Å²) in [5.41, 5.74) is 3.21. The van der Waals surface area contributed by atoms with Crippen LogP contribution in [0.1, 0.15) is 29.5 Å². The average Bonchev–Trinajstić information content (AvgIpc) is 3.36. The van der Waals surface area contributed by atoms with Crippen LogP contribution in [-0.4, -0.2) is 6.04 Å². The zero-order valence-corrected chi connectivity index (χ0v) is 12.7. The van der Waals surface area contributed by atoms with Gasteiger partial charge in [-0.15, -0.1) is 11.8 Å². The molecule has 1 saturated carbocycles. The second kappa shape index (κ2) is 6.80. The van der Waals surface area contributed by atoms with Crippen LogP contribution in [0, 0.1) is 11.3 Å². The Balaban J connectivity index is 1.61. The minimum Gasteiger partial charge on any atom is -0.310 e. The molecule has 3 rings (SSSR count). The molecular weight excluding hydrogens is 276 g/mol. The molecule has 2 aromatic carbocycles. The zero-order chi connectivity index (χ0) is 14.5. The highest BCUT2D eigenvalue weighted by atomic mass is 32.2. The third kappa shape index (κ3) is 4.10. The van der Waals surface area contributed by atoms with Crippen molar-refractivity contribution in [3.05, 3.63) is 65.2 Å². The molecule has 0 unspecified atom stereocenters. The van der Waals surface area contributed by atoms with Gasteiger partial charge in [0.2, 0.25) is 0 Å². The maximum Gasteiger partial charge on any atom is 0.0994 e. The average molecular weight is 294 g/mol. The lowest BCUT2D eigenvalue weighted by atomic mass is 10.1. The summed E-state index contributed by atoms with van der Waals surface area (Å²) in [4.78, 5) is 1.26. The Bertz CT molecular complexity index is 656. The lowest BCUT2D eigenvalue weighted by Gasteiger charge is -2.07. The third-order valence-electron chi connectivity index (χ3n) is 3.60. The third-order valence-corrected chi connectivity index (χ3v) is 4.65. The quantitative estimate of drug-likeness (QED) is 0.815. The van der Waals surface area contributed by atoms with Crippen molar-refractivity contribution in [2.24, 2.45) is 0 Å². The van der Waals surface area contributed by atoms with E-state index in [1.807, 2.05) is 24.3 Å². The molecule has 3 heteroatoms. The summed E-state index contributed by atoms with van der Waals surface area (Å²) in [5.74, 6) is 0.837. The van der Waals surface area contributed by atoms with Gasteiger partial charge in [0, 0.05) is 23.2 Å². The topological polar surface area (TPSA) is 35.8 Å². The van der Waals surface area contributed by atoms with Crippen molar-refractivity contribution in [1.82, 2.24) is 5.32 Å². The highest BCUT2D eigenvalue weighted by Crippen LogP contribution is 2.25. The fraction of sp³-hybridized carbons (Fsp3) is 0.278. The molecule has 21 heavy (non-hydrogen) atoms. The summed E-state index contributed by atoms with van der Waals surface area (Å²) in [7, 11) is 0. The van der Waals surface area contributed by atoms with Crippen molar-refractivity contribution < 1.29 is 0 Å². The number of nitrogens with one attached hydrogen (secondary N) is 1. The van der Waals surface area contributed by atoms with E-state index in [1.165, 1.54) is 23.3 Å². The molecule has 0 amide bonds. The van der Waals surface area contributed by atoms with Gasteiger partial charge in [-0.2, -0.15) is 5.26 Å². The minimum atomic E-state index is 0.740. The lowest BCUT2D eigenvalue weighted by Crippen LogP contribution is -2.15. The van der Waals surface area contributed by atoms with E-state index < -0.39 is 0 Å². The first-order valence-electron chi connectivity index (χ1n) is 7.28. The Hall–Kier alpha value is -1.76. The van der Waals surface area contributed by atoms with E-state index in [1.54, 1.807) is 11.8 Å². The van der Waals surface area contributed by atoms with Crippen molar-refractivity contribution >= 4 is 11.8 Å². The molecule has 1 aliphatic carbocycles. The summed E-state index contributed by atoms with van der Waals surface area (Å²) < 4.78 is 0. The van der Waals surface area contributed by atoms with Crippen molar-refractivity contribution in [3.63, 3.8) is 0 Å². The van der Waals surface area contributed by atoms with E-state index in [-0.39, 0.29) is 0 Å². The molecule has 0 heterocycles. The van der Waals surface area contributed by atoms with Gasteiger partial charge >= 0.3 is 0 Å². The number of thioether (sulfide) groups is 1. The summed E-state index contributed by atoms with van der Waals surface area (Å²) >= 11 is 1.79. The molecule has 0 atom stereocenters. The number of benzene rings is 2. The Morgan fingerprint density at radius 3 is 2.81 bits per heavy atom. The second-order valence-corrected chi connectivity index (χ2v) is 6.41. The molecule has 0 radical (unpaired) electrons. The molecule has 1 fully saturated rings. The van der Waals surface area contributed by atoms with Crippen LogP contribution < -0.4 is 5.32 Å². The van der Waals surface area contributed by atoms with Gasteiger partial charge in [0.15, 0.2) is 0 Å². The van der Waals surface area contributed by atoms with Crippen LogP contribution in [0.4, 0.5) is 0 Å². The molecule has 2 nitrogen and oxygen atoms in total. The van der Waals surface area contributed by atoms with Gasteiger partial charge in [0.1, 0.15) is 0 Å². The van der Waals surface area contributed by atoms with E-state index in [0.29, 0.717) is 0 Å². The number of hydrogen-bond donors (Lipinski definition) is 1. The van der Waals surface area contributed by atoms with Crippen LogP contribution in [-0.2, 0) is 12.3 Å². The first-order chi connectivity index (χ1) is 10.3. The lowest BCUT2D eigenvalue weighted by molar-refractivity contribution is 0.687. The molecular formula is C18H18N2S. The maximum absolute atomic E-state index is 9.12. The van der Waals surface area contributed by atoms with Crippen molar-refractivity contribution in [1.29, 1.82) is 5.26 Å². The number of hydrogen-bond acceptors (Lipinski definition) is 3. The first kappa shape index (κ1) is 14.2. The number of rotatable bonds is 6. The van der Waals surface area contributed by atoms with Gasteiger partial charge in [-0.25, -0.2) is 0 Å². The first-order valence-corrected chi connectivity index (χ1v) is 8.27. The van der Waals surface area contributed by atoms with Crippen molar-refractivity contribution in [2.45, 2.75) is 36.1 Å². The van der Waals surface area contributed by atoms with Crippen LogP contribution in [0.3, 0.4) is 0 Å². The van der Waals surface area contributed by atoms with Gasteiger partial charge in [-0.3, -0.25) is 0 Å². The van der Waals surface area contributed by atoms with E-state index in [9.17, 15) is 0 Å². The summed E-state index contributed by atoms with van der Waals surface area (Å²) in [6, 6.07) is 19.5. The van der Waals surface area contributed by atoms with E-state index in [0.717, 1.165) is 29.5 Å². The van der Waals surface area contributed by atoms with E-state index in [4.69, 9.17) is 5.26 Å². The molecule has 0 aromatic heterocycles. The summed E-state index contributed by atoms with van der Waals surface area (Å²) in [6.45, 7) is 0.952. The Labute approximate surface area is 130 Å². The molecule has 2 aromatic rings. The van der Waals surface area contributed by atoms with Gasteiger partial charge in [-0.1, -0.05) is 30.3 Å². The van der Waals surface area contributed by atoms with Crippen LogP contribution >= 0.6 is 11.8 Å². The fourth-order valence-electron chi connectivity index (χ4n) is 2.21. The van der Waals surface area contributed by atoms with Gasteiger partial charge in [0.05, 0.1) is 11.6 Å². The smallest absolute Gasteiger partial charge is 0.0994 e. The van der Waals surface area contributed by atoms with E-state index in [2.05, 4.69) is 35.7 Å². The molecule has 1 N–H and O–H groups in total. The van der Waals surface area contributed by atoms with Gasteiger partial charge in [-0.05, 0) is 42.2 Å². The van der Waals surface area contributed by atoms with Crippen molar-refractivity contribution in [2.75, 3.05) is 0 Å². The van der Waals surface area contributed by atoms with Crippen LogP contribution in [0.2, 0.25) is 0 Å². The monoisotopic (exact) mass is 294 g/mol. The summed E-state index contributed by atoms with van der Waals surface area (Å²) in [5, 5.41) is 12.7. The molecule has 1 aliphatic rings. The maximum atomic E-state index is 9.12. The Kier molecular flexibility index (Phi) is 4.59. The summed E-state index contributed by atoms with van der Waals surface area (Å²) in [6.07, 6.45) is 2.64. The normalized spacial score (nSPS) is 13.9. The predicted octanol–water partition coefficient (Wildman–Crippen LogP) is 4.10. The fourth-order valence-corrected chi connectivity index (χ4v) is 3.19. The number of nitriles is 1. The molecule has 0 aliphatic heterocycles. The molecule has 0 saturated heterocycles. The molecule has 0 bridgehead atoms. The van der Waals surface area contributed by atoms with Crippen LogP contribution in [0.25, 0.3) is 0 Å². The highest BCUT2D eigenvalue weighted by molar-refractivity contribution is 7.98. The van der Waals surface area contributed by atoms with Crippen LogP contribution in [0.15, 0.2) is 53.4 Å². The van der Waals surface area contributed by atoms with Gasteiger partial charge in [0.25, 0.3) is 0 Å². The van der Waals surface area contributed by atoms with E-state index >= 15 is 0 Å². The van der Waals surface area contributed by atoms with Crippen molar-refractivity contribution in [3.8, 4) is 6.07 Å². The number of nitrogens with zero attached hydrogens (tertiary/aromatic N) is 1. The SMILES string of the molecule is N#Cc1ccccc1CSc1cccc(CNC2CC2)c1. The zero-order valence-electron chi connectivity index (χ0n) is 11.9. The standard InChI is InChI=1S/C18H18N2S/c19-11-15-5-1-2-6-16(15)13-21-18-7-3-4-14(10-18)12-20-17-8-9-17/h1-7,10,17,20H,8-9,12-13H2. The Morgan fingerprint density at radius 1 is 1.14 bits per heavy atom. The minimum absolute atomic E-state index is 0.740.